The summed E-state index contributed by atoms with van der Waals surface area (Å²) in [5, 5.41) is 0. The highest BCUT2D eigenvalue weighted by molar-refractivity contribution is 7.88. The van der Waals surface area contributed by atoms with Crippen molar-refractivity contribution in [2.24, 2.45) is 0 Å². The smallest absolute Gasteiger partial charge is 0.218 e. The molecule has 128 valence electrons. The van der Waals surface area contributed by atoms with Gasteiger partial charge < -0.3 is 4.74 Å². The van der Waals surface area contributed by atoms with Crippen molar-refractivity contribution in [1.29, 1.82) is 0 Å². The molecule has 0 amide bonds. The van der Waals surface area contributed by atoms with Crippen LogP contribution in [0.3, 0.4) is 0 Å². The van der Waals surface area contributed by atoms with Crippen LogP contribution < -0.4 is 4.74 Å². The normalized spacial score (nSPS) is 18.7. The minimum Gasteiger partial charge on any atom is -0.473 e. The Morgan fingerprint density at radius 3 is 2.79 bits per heavy atom. The van der Waals surface area contributed by atoms with Crippen LogP contribution in [0.1, 0.15) is 17.5 Å². The van der Waals surface area contributed by atoms with E-state index in [1.165, 1.54) is 16.4 Å². The molecule has 1 atom stereocenters. The van der Waals surface area contributed by atoms with Crippen LogP contribution in [0.5, 0.6) is 5.88 Å². The average Bonchev–Trinajstić information content (AvgIpc) is 3.01. The maximum Gasteiger partial charge on any atom is 0.218 e. The molecule has 1 aromatic carbocycles. The molecular weight excluding hydrogens is 331 g/mol. The van der Waals surface area contributed by atoms with Crippen molar-refractivity contribution in [3.8, 4) is 5.88 Å². The van der Waals surface area contributed by atoms with Crippen molar-refractivity contribution in [2.45, 2.75) is 25.2 Å². The van der Waals surface area contributed by atoms with Crippen LogP contribution in [-0.2, 0) is 15.8 Å². The number of rotatable bonds is 5. The number of hydrogen-bond acceptors (Lipinski definition) is 4. The van der Waals surface area contributed by atoms with E-state index in [1.807, 2.05) is 13.0 Å². The number of aryl methyl sites for hydroxylation is 1. The van der Waals surface area contributed by atoms with Crippen LogP contribution in [0.15, 0.2) is 42.6 Å². The lowest BCUT2D eigenvalue weighted by atomic mass is 10.2. The van der Waals surface area contributed by atoms with Crippen LogP contribution >= 0.6 is 0 Å². The third kappa shape index (κ3) is 3.91. The average molecular weight is 350 g/mol. The Morgan fingerprint density at radius 1 is 1.29 bits per heavy atom. The molecule has 24 heavy (non-hydrogen) atoms. The fourth-order valence-corrected chi connectivity index (χ4v) is 4.23. The van der Waals surface area contributed by atoms with E-state index in [0.29, 0.717) is 18.8 Å². The minimum absolute atomic E-state index is 0.182. The number of halogens is 1. The van der Waals surface area contributed by atoms with Gasteiger partial charge in [-0.15, -0.1) is 0 Å². The highest BCUT2D eigenvalue weighted by Gasteiger charge is 2.33. The summed E-state index contributed by atoms with van der Waals surface area (Å²) in [5.74, 6) is -0.356. The first-order valence-corrected chi connectivity index (χ1v) is 9.35. The van der Waals surface area contributed by atoms with Crippen LogP contribution in [0.4, 0.5) is 4.39 Å². The van der Waals surface area contributed by atoms with E-state index in [1.54, 1.807) is 24.4 Å². The first-order chi connectivity index (χ1) is 11.4. The maximum absolute atomic E-state index is 13.7. The number of nitrogens with zero attached hydrogens (tertiary/aromatic N) is 2. The number of aromatic nitrogens is 1. The quantitative estimate of drug-likeness (QED) is 0.831. The topological polar surface area (TPSA) is 59.5 Å². The minimum atomic E-state index is -3.57. The summed E-state index contributed by atoms with van der Waals surface area (Å²) in [4.78, 5) is 4.17. The highest BCUT2D eigenvalue weighted by atomic mass is 32.2. The van der Waals surface area contributed by atoms with Gasteiger partial charge in [0.1, 0.15) is 11.9 Å². The second-order valence-corrected chi connectivity index (χ2v) is 7.88. The molecule has 0 spiro atoms. The van der Waals surface area contributed by atoms with Crippen molar-refractivity contribution in [3.63, 3.8) is 0 Å². The van der Waals surface area contributed by atoms with Gasteiger partial charge in [0.15, 0.2) is 0 Å². The summed E-state index contributed by atoms with van der Waals surface area (Å²) in [6, 6.07) is 9.60. The Kier molecular flexibility index (Phi) is 4.82. The summed E-state index contributed by atoms with van der Waals surface area (Å²) >= 11 is 0. The molecule has 0 radical (unpaired) electrons. The molecule has 1 unspecified atom stereocenters. The molecule has 5 nitrogen and oxygen atoms in total. The molecule has 1 fully saturated rings. The largest absolute Gasteiger partial charge is 0.473 e. The van der Waals surface area contributed by atoms with E-state index in [0.717, 1.165) is 5.56 Å². The Labute approximate surface area is 141 Å². The van der Waals surface area contributed by atoms with Gasteiger partial charge in [0.05, 0.1) is 12.3 Å². The van der Waals surface area contributed by atoms with Crippen LogP contribution in [0.2, 0.25) is 0 Å². The fourth-order valence-electron chi connectivity index (χ4n) is 2.64. The first-order valence-electron chi connectivity index (χ1n) is 7.74. The summed E-state index contributed by atoms with van der Waals surface area (Å²) in [5.41, 5.74) is 1.21. The van der Waals surface area contributed by atoms with Gasteiger partial charge in [0, 0.05) is 24.4 Å². The highest BCUT2D eigenvalue weighted by Crippen LogP contribution is 2.22. The number of pyridine rings is 1. The molecule has 1 aliphatic heterocycles. The predicted octanol–water partition coefficient (Wildman–Crippen LogP) is 2.51. The number of sulfonamides is 1. The molecule has 1 aliphatic rings. The standard InChI is InChI=1S/C17H19FN2O3S/c1-13-6-7-17(19-10-13)23-15-8-9-20(11-15)24(21,22)12-14-4-2-3-5-16(14)18/h2-7,10,15H,8-9,11-12H2,1H3. The lowest BCUT2D eigenvalue weighted by Crippen LogP contribution is -2.32. The molecular formula is C17H19FN2O3S. The van der Waals surface area contributed by atoms with Crippen molar-refractivity contribution >= 4 is 10.0 Å². The molecule has 0 bridgehead atoms. The maximum atomic E-state index is 13.7. The van der Waals surface area contributed by atoms with Gasteiger partial charge in [-0.1, -0.05) is 24.3 Å². The third-order valence-electron chi connectivity index (χ3n) is 3.97. The van der Waals surface area contributed by atoms with Gasteiger partial charge >= 0.3 is 0 Å². The summed E-state index contributed by atoms with van der Waals surface area (Å²) in [6.45, 7) is 2.56. The van der Waals surface area contributed by atoms with Gasteiger partial charge in [-0.25, -0.2) is 17.8 Å². The zero-order valence-corrected chi connectivity index (χ0v) is 14.2. The molecule has 3 rings (SSSR count). The van der Waals surface area contributed by atoms with Gasteiger partial charge in [0.25, 0.3) is 0 Å². The summed E-state index contributed by atoms with van der Waals surface area (Å²) < 4.78 is 45.8. The van der Waals surface area contributed by atoms with Crippen molar-refractivity contribution < 1.29 is 17.5 Å². The van der Waals surface area contributed by atoms with E-state index < -0.39 is 15.8 Å². The molecule has 1 saturated heterocycles. The van der Waals surface area contributed by atoms with Gasteiger partial charge in [-0.2, -0.15) is 4.31 Å². The summed E-state index contributed by atoms with van der Waals surface area (Å²) in [7, 11) is -3.57. The van der Waals surface area contributed by atoms with E-state index in [-0.39, 0.29) is 24.0 Å². The van der Waals surface area contributed by atoms with Crippen LogP contribution in [0, 0.1) is 12.7 Å². The first kappa shape index (κ1) is 16.9. The lowest BCUT2D eigenvalue weighted by molar-refractivity contribution is 0.207. The molecule has 0 aliphatic carbocycles. The number of benzene rings is 1. The number of ether oxygens (including phenoxy) is 1. The predicted molar refractivity (Wildman–Crippen MR) is 88.6 cm³/mol. The Morgan fingerprint density at radius 2 is 2.08 bits per heavy atom. The third-order valence-corrected chi connectivity index (χ3v) is 5.76. The van der Waals surface area contributed by atoms with Crippen molar-refractivity contribution in [3.05, 3.63) is 59.5 Å². The lowest BCUT2D eigenvalue weighted by Gasteiger charge is -2.17. The molecule has 0 saturated carbocycles. The van der Waals surface area contributed by atoms with Crippen LogP contribution in [-0.4, -0.2) is 36.9 Å². The van der Waals surface area contributed by atoms with Crippen molar-refractivity contribution in [2.75, 3.05) is 13.1 Å². The van der Waals surface area contributed by atoms with E-state index in [2.05, 4.69) is 4.98 Å². The molecule has 0 N–H and O–H groups in total. The van der Waals surface area contributed by atoms with E-state index >= 15 is 0 Å². The Hall–Kier alpha value is -1.99. The van der Waals surface area contributed by atoms with Gasteiger partial charge in [-0.05, 0) is 25.0 Å². The van der Waals surface area contributed by atoms with Crippen LogP contribution in [0.25, 0.3) is 0 Å². The van der Waals surface area contributed by atoms with E-state index in [4.69, 9.17) is 4.74 Å². The molecule has 1 aromatic heterocycles. The molecule has 2 heterocycles. The zero-order valence-electron chi connectivity index (χ0n) is 13.4. The fraction of sp³-hybridized carbons (Fsp3) is 0.353. The summed E-state index contributed by atoms with van der Waals surface area (Å²) in [6.07, 6.45) is 2.05. The Bertz CT molecular complexity index is 809. The van der Waals surface area contributed by atoms with Gasteiger partial charge in [-0.3, -0.25) is 0 Å². The monoisotopic (exact) mass is 350 g/mol. The number of hydrogen-bond donors (Lipinski definition) is 0. The Balaban J connectivity index is 1.64. The van der Waals surface area contributed by atoms with Crippen molar-refractivity contribution in [1.82, 2.24) is 9.29 Å². The second-order valence-electron chi connectivity index (χ2n) is 5.91. The molecule has 7 heteroatoms. The van der Waals surface area contributed by atoms with E-state index in [9.17, 15) is 12.8 Å². The second kappa shape index (κ2) is 6.86. The zero-order chi connectivity index (χ0) is 17.2. The molecule has 2 aromatic rings. The van der Waals surface area contributed by atoms with Gasteiger partial charge in [0.2, 0.25) is 15.9 Å². The SMILES string of the molecule is Cc1ccc(OC2CCN(S(=O)(=O)Cc3ccccc3F)C2)nc1.